The average molecular weight is 409 g/mol. The van der Waals surface area contributed by atoms with E-state index in [0.717, 1.165) is 6.20 Å². The van der Waals surface area contributed by atoms with Gasteiger partial charge in [-0.2, -0.15) is 0 Å². The maximum atomic E-state index is 13.0. The molecule has 0 aromatic heterocycles. The Labute approximate surface area is 172 Å². The Balaban J connectivity index is 2.02. The number of cyclic esters (lactones) is 2. The second kappa shape index (κ2) is 8.20. The van der Waals surface area contributed by atoms with Crippen LogP contribution in [0, 0.1) is 0 Å². The molecule has 1 saturated heterocycles. The van der Waals surface area contributed by atoms with Gasteiger partial charge in [-0.1, -0.05) is 42.5 Å². The van der Waals surface area contributed by atoms with Crippen LogP contribution in [0.1, 0.15) is 35.3 Å². The van der Waals surface area contributed by atoms with Gasteiger partial charge in [0.05, 0.1) is 12.1 Å². The highest BCUT2D eigenvalue weighted by Gasteiger charge is 2.39. The molecule has 0 radical (unpaired) electrons. The number of aliphatic carboxylic acids is 1. The largest absolute Gasteiger partial charge is 0.481 e. The van der Waals surface area contributed by atoms with Gasteiger partial charge in [0.25, 0.3) is 5.79 Å². The fraction of sp³-hybridized carbons (Fsp3) is 0.182. The van der Waals surface area contributed by atoms with E-state index in [9.17, 15) is 24.3 Å². The summed E-state index contributed by atoms with van der Waals surface area (Å²) in [5.74, 6) is -4.63. The monoisotopic (exact) mass is 409 g/mol. The summed E-state index contributed by atoms with van der Waals surface area (Å²) < 4.78 is 10.1. The van der Waals surface area contributed by atoms with Gasteiger partial charge in [0.1, 0.15) is 0 Å². The lowest BCUT2D eigenvalue weighted by molar-refractivity contribution is -0.222. The number of ketones is 1. The van der Waals surface area contributed by atoms with Crippen LogP contribution >= 0.6 is 0 Å². The van der Waals surface area contributed by atoms with Crippen LogP contribution in [0.15, 0.2) is 60.3 Å². The van der Waals surface area contributed by atoms with E-state index in [4.69, 9.17) is 9.47 Å². The number of rotatable bonds is 6. The van der Waals surface area contributed by atoms with Crippen molar-refractivity contribution in [2.75, 3.05) is 5.32 Å². The van der Waals surface area contributed by atoms with E-state index in [1.165, 1.54) is 26.0 Å². The summed E-state index contributed by atoms with van der Waals surface area (Å²) in [4.78, 5) is 48.6. The molecule has 2 aromatic rings. The zero-order chi connectivity index (χ0) is 21.9. The number of hydrogen-bond acceptors (Lipinski definition) is 7. The zero-order valence-electron chi connectivity index (χ0n) is 16.3. The smallest absolute Gasteiger partial charge is 0.350 e. The van der Waals surface area contributed by atoms with Gasteiger partial charge in [0.15, 0.2) is 11.4 Å². The van der Waals surface area contributed by atoms with Crippen molar-refractivity contribution in [2.24, 2.45) is 0 Å². The van der Waals surface area contributed by atoms with Crippen LogP contribution in [0.4, 0.5) is 5.69 Å². The third kappa shape index (κ3) is 4.54. The molecule has 3 rings (SSSR count). The molecule has 0 saturated carbocycles. The lowest BCUT2D eigenvalue weighted by Gasteiger charge is -2.29. The van der Waals surface area contributed by atoms with Crippen molar-refractivity contribution < 1.29 is 33.8 Å². The maximum Gasteiger partial charge on any atom is 0.350 e. The normalized spacial score (nSPS) is 15.1. The molecule has 1 fully saturated rings. The van der Waals surface area contributed by atoms with Crippen molar-refractivity contribution in [2.45, 2.75) is 26.1 Å². The Morgan fingerprint density at radius 3 is 2.23 bits per heavy atom. The predicted octanol–water partition coefficient (Wildman–Crippen LogP) is 2.68. The van der Waals surface area contributed by atoms with Crippen LogP contribution in [0.2, 0.25) is 0 Å². The summed E-state index contributed by atoms with van der Waals surface area (Å²) >= 11 is 0. The topological polar surface area (TPSA) is 119 Å². The summed E-state index contributed by atoms with van der Waals surface area (Å²) in [5, 5.41) is 12.0. The van der Waals surface area contributed by atoms with Gasteiger partial charge in [-0.3, -0.25) is 9.59 Å². The van der Waals surface area contributed by atoms with Gasteiger partial charge in [0.2, 0.25) is 0 Å². The molecule has 30 heavy (non-hydrogen) atoms. The molecule has 8 heteroatoms. The van der Waals surface area contributed by atoms with Gasteiger partial charge in [-0.15, -0.1) is 0 Å². The van der Waals surface area contributed by atoms with E-state index in [1.54, 1.807) is 36.4 Å². The Kier molecular flexibility index (Phi) is 5.68. The Hall–Kier alpha value is -3.94. The van der Waals surface area contributed by atoms with E-state index in [1.807, 2.05) is 0 Å². The van der Waals surface area contributed by atoms with Crippen molar-refractivity contribution >= 4 is 29.4 Å². The molecule has 1 aliphatic heterocycles. The first kappa shape index (κ1) is 20.8. The van der Waals surface area contributed by atoms with Crippen LogP contribution in [0.25, 0.3) is 0 Å². The standard InChI is InChI=1S/C22H19NO7/c1-22(2)29-20(27)16(21(28)30-22)12-23-18-14(11-17(24)25)9-6-10-15(18)19(26)13-7-4-3-5-8-13/h3-10,12,23H,11H2,1-2H3,(H,24,25). The second-order valence-corrected chi connectivity index (χ2v) is 6.99. The molecule has 154 valence electrons. The highest BCUT2D eigenvalue weighted by molar-refractivity contribution is 6.16. The Morgan fingerprint density at radius 1 is 1.00 bits per heavy atom. The molecule has 0 bridgehead atoms. The van der Waals surface area contributed by atoms with Crippen LogP contribution in [0.5, 0.6) is 0 Å². The van der Waals surface area contributed by atoms with E-state index in [0.29, 0.717) is 11.1 Å². The van der Waals surface area contributed by atoms with Gasteiger partial charge in [-0.05, 0) is 11.6 Å². The fourth-order valence-corrected chi connectivity index (χ4v) is 2.94. The first-order chi connectivity index (χ1) is 14.2. The van der Waals surface area contributed by atoms with Gasteiger partial charge in [-0.25, -0.2) is 9.59 Å². The SMILES string of the molecule is CC1(C)OC(=O)C(=CNc2c(CC(=O)O)cccc2C(=O)c2ccccc2)C(=O)O1. The number of anilines is 1. The van der Waals surface area contributed by atoms with Crippen LogP contribution in [-0.4, -0.2) is 34.6 Å². The lowest BCUT2D eigenvalue weighted by Crippen LogP contribution is -2.42. The van der Waals surface area contributed by atoms with Crippen molar-refractivity contribution in [3.05, 3.63) is 77.0 Å². The van der Waals surface area contributed by atoms with E-state index in [-0.39, 0.29) is 23.5 Å². The van der Waals surface area contributed by atoms with Crippen LogP contribution in [-0.2, 0) is 30.3 Å². The molecule has 8 nitrogen and oxygen atoms in total. The van der Waals surface area contributed by atoms with Crippen molar-refractivity contribution in [3.8, 4) is 0 Å². The van der Waals surface area contributed by atoms with Crippen LogP contribution < -0.4 is 5.32 Å². The number of carboxylic acids is 1. The number of nitrogens with one attached hydrogen (secondary N) is 1. The first-order valence-corrected chi connectivity index (χ1v) is 9.05. The number of para-hydroxylation sites is 1. The van der Waals surface area contributed by atoms with E-state index in [2.05, 4.69) is 5.32 Å². The van der Waals surface area contributed by atoms with E-state index < -0.39 is 29.3 Å². The molecule has 0 aliphatic carbocycles. The minimum atomic E-state index is -1.39. The molecular formula is C22H19NO7. The summed E-state index contributed by atoms with van der Waals surface area (Å²) in [5.41, 5.74) is 0.664. The minimum absolute atomic E-state index is 0.173. The molecule has 1 aliphatic rings. The highest BCUT2D eigenvalue weighted by Crippen LogP contribution is 2.27. The first-order valence-electron chi connectivity index (χ1n) is 9.05. The molecule has 0 atom stereocenters. The van der Waals surface area contributed by atoms with Crippen LogP contribution in [0.3, 0.4) is 0 Å². The summed E-state index contributed by atoms with van der Waals surface area (Å²) in [6, 6.07) is 13.1. The summed E-state index contributed by atoms with van der Waals surface area (Å²) in [6.45, 7) is 2.84. The molecule has 2 aromatic carbocycles. The number of hydrogen-bond donors (Lipinski definition) is 2. The predicted molar refractivity (Wildman–Crippen MR) is 106 cm³/mol. The van der Waals surface area contributed by atoms with Gasteiger partial charge < -0.3 is 19.9 Å². The summed E-state index contributed by atoms with van der Waals surface area (Å²) in [6.07, 6.45) is 0.686. The van der Waals surface area contributed by atoms with Crippen molar-refractivity contribution in [3.63, 3.8) is 0 Å². The molecule has 0 spiro atoms. The third-order valence-electron chi connectivity index (χ3n) is 4.25. The molecule has 0 unspecified atom stereocenters. The molecule has 0 amide bonds. The quantitative estimate of drug-likeness (QED) is 0.323. The fourth-order valence-electron chi connectivity index (χ4n) is 2.94. The van der Waals surface area contributed by atoms with Gasteiger partial charge >= 0.3 is 17.9 Å². The zero-order valence-corrected chi connectivity index (χ0v) is 16.3. The number of benzene rings is 2. The highest BCUT2D eigenvalue weighted by atomic mass is 16.7. The number of carbonyl (C=O) groups excluding carboxylic acids is 3. The van der Waals surface area contributed by atoms with Crippen molar-refractivity contribution in [1.29, 1.82) is 0 Å². The number of ether oxygens (including phenoxy) is 2. The molecule has 1 heterocycles. The number of carbonyl (C=O) groups is 4. The average Bonchev–Trinajstić information content (AvgIpc) is 2.67. The van der Waals surface area contributed by atoms with Gasteiger partial charge in [0, 0.05) is 31.2 Å². The summed E-state index contributed by atoms with van der Waals surface area (Å²) in [7, 11) is 0. The molecular weight excluding hydrogens is 390 g/mol. The second-order valence-electron chi connectivity index (χ2n) is 6.99. The number of carboxylic acid groups (broad SMARTS) is 1. The molecule has 2 N–H and O–H groups in total. The maximum absolute atomic E-state index is 13.0. The number of esters is 2. The third-order valence-corrected chi connectivity index (χ3v) is 4.25. The van der Waals surface area contributed by atoms with E-state index >= 15 is 0 Å². The lowest BCUT2D eigenvalue weighted by atomic mass is 9.97. The van der Waals surface area contributed by atoms with Crippen molar-refractivity contribution in [1.82, 2.24) is 0 Å². The minimum Gasteiger partial charge on any atom is -0.481 e. The Bertz CT molecular complexity index is 1030. The Morgan fingerprint density at radius 2 is 1.63 bits per heavy atom.